The standard InChI is InChI=1S/C22H22F4/c1-5-18(10-11-20(24)22(26)12-16(3)14-23)21(25)13-17(4)19-8-6-15(2)7-9-19/h5-9,11,13H,4,10,14H2,1-3H3/b18-5-,20-11+,21-13+. The quantitative estimate of drug-likeness (QED) is 0.269. The van der Waals surface area contributed by atoms with E-state index >= 15 is 0 Å². The molecule has 0 aliphatic rings. The van der Waals surface area contributed by atoms with Gasteiger partial charge in [-0.1, -0.05) is 48.2 Å². The highest BCUT2D eigenvalue weighted by atomic mass is 19.2. The number of aryl methyl sites for hydroxylation is 1. The molecular formula is C22H22F4. The van der Waals surface area contributed by atoms with Crippen LogP contribution < -0.4 is 0 Å². The molecule has 0 bridgehead atoms. The average Bonchev–Trinajstić information content (AvgIpc) is 2.62. The van der Waals surface area contributed by atoms with E-state index in [1.165, 1.54) is 19.1 Å². The number of hydrogen-bond donors (Lipinski definition) is 0. The highest BCUT2D eigenvalue weighted by Gasteiger charge is 2.07. The normalized spacial score (nSPS) is 12.7. The smallest absolute Gasteiger partial charge is 0.200 e. The maximum atomic E-state index is 14.4. The summed E-state index contributed by atoms with van der Waals surface area (Å²) in [5, 5.41) is 0. The second-order valence-corrected chi connectivity index (χ2v) is 5.81. The van der Waals surface area contributed by atoms with Gasteiger partial charge in [0.05, 0.1) is 0 Å². The van der Waals surface area contributed by atoms with Crippen molar-refractivity contribution >= 4 is 5.57 Å². The van der Waals surface area contributed by atoms with Gasteiger partial charge in [0, 0.05) is 5.57 Å². The zero-order chi connectivity index (χ0) is 19.7. The van der Waals surface area contributed by atoms with Crippen molar-refractivity contribution in [3.8, 4) is 0 Å². The fraction of sp³-hybridized carbons (Fsp3) is 0.227. The first-order chi connectivity index (χ1) is 12.3. The van der Waals surface area contributed by atoms with Crippen LogP contribution in [0.5, 0.6) is 0 Å². The van der Waals surface area contributed by atoms with E-state index in [1.807, 2.05) is 36.9 Å². The summed E-state index contributed by atoms with van der Waals surface area (Å²) in [6.07, 6.45) is 3.47. The topological polar surface area (TPSA) is 0 Å². The van der Waals surface area contributed by atoms with Crippen molar-refractivity contribution in [1.29, 1.82) is 0 Å². The number of alkyl halides is 1. The van der Waals surface area contributed by atoms with Crippen LogP contribution in [0.1, 0.15) is 31.4 Å². The molecule has 1 aromatic carbocycles. The predicted molar refractivity (Wildman–Crippen MR) is 100 cm³/mol. The number of allylic oxidation sites excluding steroid dienone is 8. The Labute approximate surface area is 152 Å². The van der Waals surface area contributed by atoms with Crippen LogP contribution in [0.4, 0.5) is 17.6 Å². The monoisotopic (exact) mass is 362 g/mol. The summed E-state index contributed by atoms with van der Waals surface area (Å²) >= 11 is 0. The van der Waals surface area contributed by atoms with Gasteiger partial charge in [-0.15, -0.1) is 0 Å². The first kappa shape index (κ1) is 21.5. The van der Waals surface area contributed by atoms with Crippen LogP contribution in [-0.2, 0) is 0 Å². The first-order valence-electron chi connectivity index (χ1n) is 8.11. The minimum atomic E-state index is -1.30. The lowest BCUT2D eigenvalue weighted by atomic mass is 10.0. The lowest BCUT2D eigenvalue weighted by Gasteiger charge is -2.05. The predicted octanol–water partition coefficient (Wildman–Crippen LogP) is 7.42. The van der Waals surface area contributed by atoms with Crippen molar-refractivity contribution in [2.24, 2.45) is 0 Å². The SMILES string of the molecule is C=C(/C=C(F)\C(=C/C)C/C=C(/F)C(F)=C=C(C)CF)c1ccc(C)cc1. The summed E-state index contributed by atoms with van der Waals surface area (Å²) in [6.45, 7) is 7.75. The molecular weight excluding hydrogens is 340 g/mol. The molecule has 0 spiro atoms. The maximum Gasteiger partial charge on any atom is 0.200 e. The van der Waals surface area contributed by atoms with Gasteiger partial charge in [-0.05, 0) is 56.1 Å². The summed E-state index contributed by atoms with van der Waals surface area (Å²) < 4.78 is 53.9. The summed E-state index contributed by atoms with van der Waals surface area (Å²) in [5.74, 6) is -3.09. The molecule has 0 nitrogen and oxygen atoms in total. The zero-order valence-corrected chi connectivity index (χ0v) is 15.2. The van der Waals surface area contributed by atoms with Crippen molar-refractivity contribution < 1.29 is 17.6 Å². The Morgan fingerprint density at radius 1 is 1.12 bits per heavy atom. The summed E-state index contributed by atoms with van der Waals surface area (Å²) in [5.41, 5.74) is 4.41. The second-order valence-electron chi connectivity index (χ2n) is 5.81. The zero-order valence-electron chi connectivity index (χ0n) is 15.2. The van der Waals surface area contributed by atoms with Gasteiger partial charge in [0.15, 0.2) is 5.83 Å². The van der Waals surface area contributed by atoms with Gasteiger partial charge in [0.2, 0.25) is 5.83 Å². The molecule has 1 rings (SSSR count). The molecule has 0 aliphatic carbocycles. The maximum absolute atomic E-state index is 14.4. The van der Waals surface area contributed by atoms with Crippen molar-refractivity contribution in [2.45, 2.75) is 27.2 Å². The minimum absolute atomic E-state index is 0.0576. The fourth-order valence-electron chi connectivity index (χ4n) is 2.02. The molecule has 0 N–H and O–H groups in total. The van der Waals surface area contributed by atoms with E-state index in [4.69, 9.17) is 0 Å². The molecule has 26 heavy (non-hydrogen) atoms. The van der Waals surface area contributed by atoms with E-state index in [-0.39, 0.29) is 17.6 Å². The van der Waals surface area contributed by atoms with E-state index in [0.29, 0.717) is 5.57 Å². The molecule has 0 aromatic heterocycles. The fourth-order valence-corrected chi connectivity index (χ4v) is 2.02. The molecule has 0 fully saturated rings. The Hall–Kier alpha value is -2.58. The Kier molecular flexibility index (Phi) is 8.60. The molecule has 0 heterocycles. The first-order valence-corrected chi connectivity index (χ1v) is 8.11. The van der Waals surface area contributed by atoms with Gasteiger partial charge >= 0.3 is 0 Å². The molecule has 0 radical (unpaired) electrons. The van der Waals surface area contributed by atoms with E-state index in [9.17, 15) is 17.6 Å². The molecule has 138 valence electrons. The Morgan fingerprint density at radius 2 is 1.73 bits per heavy atom. The van der Waals surface area contributed by atoms with Gasteiger partial charge < -0.3 is 0 Å². The number of rotatable bonds is 7. The van der Waals surface area contributed by atoms with Crippen LogP contribution in [0.3, 0.4) is 0 Å². The van der Waals surface area contributed by atoms with Crippen LogP contribution in [0.15, 0.2) is 83.4 Å². The van der Waals surface area contributed by atoms with Gasteiger partial charge in [-0.25, -0.2) is 13.2 Å². The van der Waals surface area contributed by atoms with Crippen LogP contribution in [0.2, 0.25) is 0 Å². The third-order valence-electron chi connectivity index (χ3n) is 3.61. The Morgan fingerprint density at radius 3 is 2.27 bits per heavy atom. The number of benzene rings is 1. The van der Waals surface area contributed by atoms with E-state index in [2.05, 4.69) is 6.58 Å². The highest BCUT2D eigenvalue weighted by molar-refractivity contribution is 5.73. The van der Waals surface area contributed by atoms with Gasteiger partial charge in [-0.2, -0.15) is 4.39 Å². The number of hydrogen-bond acceptors (Lipinski definition) is 0. The molecule has 0 unspecified atom stereocenters. The number of halogens is 4. The third kappa shape index (κ3) is 6.73. The summed E-state index contributed by atoms with van der Waals surface area (Å²) in [6, 6.07) is 7.44. The largest absolute Gasteiger partial charge is 0.246 e. The molecule has 0 saturated heterocycles. The molecule has 4 heteroatoms. The highest BCUT2D eigenvalue weighted by Crippen LogP contribution is 2.24. The van der Waals surface area contributed by atoms with Crippen LogP contribution in [-0.4, -0.2) is 6.67 Å². The molecule has 0 amide bonds. The van der Waals surface area contributed by atoms with E-state index in [1.54, 1.807) is 6.92 Å². The average molecular weight is 362 g/mol. The lowest BCUT2D eigenvalue weighted by Crippen LogP contribution is -1.87. The van der Waals surface area contributed by atoms with Crippen LogP contribution in [0.25, 0.3) is 5.57 Å². The van der Waals surface area contributed by atoms with Gasteiger partial charge in [0.1, 0.15) is 12.5 Å². The van der Waals surface area contributed by atoms with E-state index in [0.717, 1.165) is 17.2 Å². The van der Waals surface area contributed by atoms with Crippen LogP contribution >= 0.6 is 0 Å². The van der Waals surface area contributed by atoms with Crippen molar-refractivity contribution in [3.63, 3.8) is 0 Å². The third-order valence-corrected chi connectivity index (χ3v) is 3.61. The Balaban J connectivity index is 2.94. The van der Waals surface area contributed by atoms with Crippen molar-refractivity contribution in [3.05, 3.63) is 94.6 Å². The minimum Gasteiger partial charge on any atom is -0.246 e. The van der Waals surface area contributed by atoms with Crippen molar-refractivity contribution in [2.75, 3.05) is 6.67 Å². The van der Waals surface area contributed by atoms with Gasteiger partial charge in [0.25, 0.3) is 0 Å². The molecule has 0 atom stereocenters. The van der Waals surface area contributed by atoms with Gasteiger partial charge in [-0.3, -0.25) is 0 Å². The summed E-state index contributed by atoms with van der Waals surface area (Å²) in [4.78, 5) is 0. The van der Waals surface area contributed by atoms with E-state index < -0.39 is 24.2 Å². The Bertz CT molecular complexity index is 799. The summed E-state index contributed by atoms with van der Waals surface area (Å²) in [7, 11) is 0. The molecule has 0 saturated carbocycles. The van der Waals surface area contributed by atoms with Crippen molar-refractivity contribution in [1.82, 2.24) is 0 Å². The van der Waals surface area contributed by atoms with Crippen LogP contribution in [0, 0.1) is 6.92 Å². The molecule has 0 aliphatic heterocycles. The second kappa shape index (κ2) is 10.4. The molecule has 1 aromatic rings. The lowest BCUT2D eigenvalue weighted by molar-refractivity contribution is 0.531.